The maximum atomic E-state index is 13.6. The highest BCUT2D eigenvalue weighted by atomic mass is 127. The highest BCUT2D eigenvalue weighted by molar-refractivity contribution is 14.1. The topological polar surface area (TPSA) is 61.0 Å². The maximum Gasteiger partial charge on any atom is 0.258 e. The molecule has 0 amide bonds. The van der Waals surface area contributed by atoms with E-state index in [1.54, 1.807) is 13.0 Å². The normalized spacial score (nSPS) is 12.2. The van der Waals surface area contributed by atoms with Gasteiger partial charge < -0.3 is 10.5 Å². The molecule has 1 heterocycles. The van der Waals surface area contributed by atoms with Gasteiger partial charge in [-0.1, -0.05) is 11.6 Å². The van der Waals surface area contributed by atoms with E-state index in [-0.39, 0.29) is 16.7 Å². The van der Waals surface area contributed by atoms with Crippen molar-refractivity contribution in [2.24, 2.45) is 0 Å². The van der Waals surface area contributed by atoms with Gasteiger partial charge >= 0.3 is 0 Å². The molecule has 0 aliphatic rings. The Hall–Kier alpha value is -0.670. The smallest absolute Gasteiger partial charge is 0.258 e. The summed E-state index contributed by atoms with van der Waals surface area (Å²) in [5, 5.41) is 0.0333. The molecule has 1 atom stereocenters. The van der Waals surface area contributed by atoms with Crippen molar-refractivity contribution in [3.05, 3.63) is 42.9 Å². The fraction of sp³-hybridized carbons (Fsp3) is 0.167. The third-order valence-corrected chi connectivity index (χ3v) is 4.22. The van der Waals surface area contributed by atoms with E-state index in [1.807, 2.05) is 0 Å². The van der Waals surface area contributed by atoms with Crippen LogP contribution in [0, 0.1) is 9.39 Å². The second kappa shape index (κ2) is 6.40. The summed E-state index contributed by atoms with van der Waals surface area (Å²) < 4.78 is 20.5. The fourth-order valence-electron chi connectivity index (χ4n) is 1.59. The Morgan fingerprint density at radius 1 is 1.50 bits per heavy atom. The van der Waals surface area contributed by atoms with Crippen LogP contribution in [0.15, 0.2) is 22.9 Å². The zero-order valence-electron chi connectivity index (χ0n) is 10.2. The minimum Gasteiger partial charge on any atom is -0.467 e. The van der Waals surface area contributed by atoms with Gasteiger partial charge in [0, 0.05) is 9.13 Å². The monoisotopic (exact) mass is 471 g/mol. The molecule has 0 saturated carbocycles. The first-order valence-corrected chi connectivity index (χ1v) is 7.73. The Labute approximate surface area is 142 Å². The van der Waals surface area contributed by atoms with Crippen LogP contribution in [0.3, 0.4) is 0 Å². The van der Waals surface area contributed by atoms with Gasteiger partial charge in [-0.05, 0) is 57.6 Å². The van der Waals surface area contributed by atoms with Crippen molar-refractivity contribution in [1.29, 1.82) is 0 Å². The largest absolute Gasteiger partial charge is 0.467 e. The van der Waals surface area contributed by atoms with Crippen molar-refractivity contribution in [3.8, 4) is 5.88 Å². The number of nitrogen functional groups attached to an aromatic ring is 1. The molecule has 0 bridgehead atoms. The third-order valence-electron chi connectivity index (χ3n) is 2.51. The van der Waals surface area contributed by atoms with Gasteiger partial charge in [-0.3, -0.25) is 0 Å². The summed E-state index contributed by atoms with van der Waals surface area (Å²) in [5.41, 5.74) is 6.24. The molecule has 0 radical (unpaired) electrons. The Balaban J connectivity index is 2.35. The number of hydrogen-bond donors (Lipinski definition) is 1. The van der Waals surface area contributed by atoms with Crippen LogP contribution in [-0.4, -0.2) is 9.97 Å². The highest BCUT2D eigenvalue weighted by Gasteiger charge is 2.20. The van der Waals surface area contributed by atoms with Crippen LogP contribution < -0.4 is 10.5 Å². The molecule has 2 aromatic rings. The predicted octanol–water partition coefficient (Wildman–Crippen LogP) is 4.36. The number of nitrogens with zero attached hydrogens (tertiary/aromatic N) is 2. The molecule has 1 aromatic carbocycles. The molecule has 2 N–H and O–H groups in total. The van der Waals surface area contributed by atoms with Gasteiger partial charge in [0.25, 0.3) is 5.88 Å². The number of hydrogen-bond acceptors (Lipinski definition) is 4. The molecule has 1 aromatic heterocycles. The number of anilines is 1. The summed E-state index contributed by atoms with van der Waals surface area (Å²) in [5.74, 6) is -0.170. The minimum absolute atomic E-state index is 0.0333. The summed E-state index contributed by atoms with van der Waals surface area (Å²) in [4.78, 5) is 8.01. The molecule has 2 rings (SSSR count). The molecule has 20 heavy (non-hydrogen) atoms. The molecule has 0 saturated heterocycles. The third kappa shape index (κ3) is 3.32. The lowest BCUT2D eigenvalue weighted by atomic mass is 10.1. The quantitative estimate of drug-likeness (QED) is 0.533. The van der Waals surface area contributed by atoms with E-state index in [0.29, 0.717) is 10.2 Å². The first-order chi connectivity index (χ1) is 9.40. The van der Waals surface area contributed by atoms with Gasteiger partial charge in [-0.2, -0.15) is 0 Å². The van der Waals surface area contributed by atoms with Gasteiger partial charge in [0.2, 0.25) is 0 Å². The van der Waals surface area contributed by atoms with E-state index in [1.165, 1.54) is 12.3 Å². The van der Waals surface area contributed by atoms with Gasteiger partial charge in [0.1, 0.15) is 16.5 Å². The molecular formula is C12H9BrClFIN3O. The van der Waals surface area contributed by atoms with Crippen LogP contribution >= 0.6 is 50.1 Å². The zero-order chi connectivity index (χ0) is 14.9. The first-order valence-electron chi connectivity index (χ1n) is 5.48. The molecule has 0 fully saturated rings. The Bertz CT molecular complexity index is 659. The number of halogens is 4. The second-order valence-electron chi connectivity index (χ2n) is 3.90. The van der Waals surface area contributed by atoms with Crippen molar-refractivity contribution < 1.29 is 9.13 Å². The van der Waals surface area contributed by atoms with Crippen LogP contribution in [0.2, 0.25) is 5.02 Å². The summed E-state index contributed by atoms with van der Waals surface area (Å²) in [6.45, 7) is 1.74. The zero-order valence-corrected chi connectivity index (χ0v) is 14.7. The van der Waals surface area contributed by atoms with Crippen molar-refractivity contribution >= 4 is 55.9 Å². The molecule has 1 unspecified atom stereocenters. The Morgan fingerprint density at radius 3 is 2.90 bits per heavy atom. The Morgan fingerprint density at radius 2 is 2.20 bits per heavy atom. The lowest BCUT2D eigenvalue weighted by Gasteiger charge is -2.18. The van der Waals surface area contributed by atoms with E-state index >= 15 is 0 Å². The van der Waals surface area contributed by atoms with Crippen LogP contribution in [0.4, 0.5) is 10.2 Å². The predicted molar refractivity (Wildman–Crippen MR) is 87.3 cm³/mol. The summed E-state index contributed by atoms with van der Waals surface area (Å²) in [6, 6.07) is 2.94. The molecule has 0 spiro atoms. The van der Waals surface area contributed by atoms with Crippen LogP contribution in [0.5, 0.6) is 5.88 Å². The number of benzene rings is 1. The second-order valence-corrected chi connectivity index (χ2v) is 6.25. The van der Waals surface area contributed by atoms with Crippen LogP contribution in [0.1, 0.15) is 18.6 Å². The summed E-state index contributed by atoms with van der Waals surface area (Å²) in [6.07, 6.45) is 0.946. The summed E-state index contributed by atoms with van der Waals surface area (Å²) >= 11 is 11.2. The van der Waals surface area contributed by atoms with E-state index in [2.05, 4.69) is 48.5 Å². The molecule has 0 aliphatic carbocycles. The lowest BCUT2D eigenvalue weighted by Crippen LogP contribution is -2.10. The minimum atomic E-state index is -0.518. The maximum absolute atomic E-state index is 13.6. The van der Waals surface area contributed by atoms with E-state index < -0.39 is 11.9 Å². The van der Waals surface area contributed by atoms with Crippen LogP contribution in [0.25, 0.3) is 0 Å². The first kappa shape index (κ1) is 15.7. The van der Waals surface area contributed by atoms with E-state index in [0.717, 1.165) is 3.57 Å². The molecular weight excluding hydrogens is 463 g/mol. The lowest BCUT2D eigenvalue weighted by molar-refractivity contribution is 0.216. The number of ether oxygens (including phenoxy) is 1. The van der Waals surface area contributed by atoms with Crippen molar-refractivity contribution in [3.63, 3.8) is 0 Å². The number of nitrogens with two attached hydrogens (primary N) is 1. The molecule has 4 nitrogen and oxygen atoms in total. The molecule has 8 heteroatoms. The van der Waals surface area contributed by atoms with E-state index in [9.17, 15) is 4.39 Å². The SMILES string of the molecule is CC(Oc1nc(Br)cnc1N)c1c(I)ccc(F)c1Cl. The van der Waals surface area contributed by atoms with Gasteiger partial charge in [-0.25, -0.2) is 14.4 Å². The molecule has 0 aliphatic heterocycles. The average molecular weight is 472 g/mol. The van der Waals surface area contributed by atoms with Crippen molar-refractivity contribution in [1.82, 2.24) is 9.97 Å². The van der Waals surface area contributed by atoms with Gasteiger partial charge in [-0.15, -0.1) is 0 Å². The van der Waals surface area contributed by atoms with Gasteiger partial charge in [0.15, 0.2) is 5.82 Å². The van der Waals surface area contributed by atoms with Crippen molar-refractivity contribution in [2.75, 3.05) is 5.73 Å². The van der Waals surface area contributed by atoms with E-state index in [4.69, 9.17) is 22.1 Å². The highest BCUT2D eigenvalue weighted by Crippen LogP contribution is 2.33. The van der Waals surface area contributed by atoms with Gasteiger partial charge in [0.05, 0.1) is 11.2 Å². The fourth-order valence-corrected chi connectivity index (χ4v) is 3.22. The van der Waals surface area contributed by atoms with Crippen LogP contribution in [-0.2, 0) is 0 Å². The van der Waals surface area contributed by atoms with Crippen molar-refractivity contribution in [2.45, 2.75) is 13.0 Å². The standard InChI is InChI=1S/C12H9BrClFIN3O/c1-5(9-7(16)3-2-6(15)10(9)14)20-12-11(17)18-4-8(13)19-12/h2-5H,1H3,(H2,17,18). The molecule has 106 valence electrons. The Kier molecular flexibility index (Phi) is 5.03. The summed E-state index contributed by atoms with van der Waals surface area (Å²) in [7, 11) is 0. The number of aromatic nitrogens is 2. The number of rotatable bonds is 3. The average Bonchev–Trinajstić information content (AvgIpc) is 2.39.